The number of ether oxygens (including phenoxy) is 2. The molecule has 0 saturated heterocycles. The van der Waals surface area contributed by atoms with Crippen molar-refractivity contribution in [3.63, 3.8) is 0 Å². The molecule has 166 valence electrons. The quantitative estimate of drug-likeness (QED) is 0.302. The second kappa shape index (κ2) is 9.49. The first-order valence-corrected chi connectivity index (χ1v) is 11.1. The molecule has 0 saturated carbocycles. The van der Waals surface area contributed by atoms with E-state index in [1.54, 1.807) is 6.20 Å². The summed E-state index contributed by atoms with van der Waals surface area (Å²) in [7, 11) is 0. The van der Waals surface area contributed by atoms with Crippen molar-refractivity contribution in [1.29, 1.82) is 0 Å². The highest BCUT2D eigenvalue weighted by Gasteiger charge is 2.17. The number of hydrogen-bond acceptors (Lipinski definition) is 7. The molecule has 2 heterocycles. The summed E-state index contributed by atoms with van der Waals surface area (Å²) < 4.78 is 13.3. The molecule has 1 aliphatic rings. The number of non-ortho nitro benzene ring substituents is 1. The van der Waals surface area contributed by atoms with Gasteiger partial charge in [-0.25, -0.2) is 4.98 Å². The highest BCUT2D eigenvalue weighted by Crippen LogP contribution is 2.35. The fraction of sp³-hybridized carbons (Fsp3) is 0.238. The normalized spacial score (nSPS) is 12.4. The molecule has 0 aliphatic carbocycles. The molecule has 0 radical (unpaired) electrons. The summed E-state index contributed by atoms with van der Waals surface area (Å²) in [6, 6.07) is 9.66. The van der Waals surface area contributed by atoms with E-state index >= 15 is 0 Å². The molecule has 3 aromatic rings. The Labute approximate surface area is 192 Å². The number of rotatable bonds is 7. The van der Waals surface area contributed by atoms with Crippen molar-refractivity contribution in [2.45, 2.75) is 18.6 Å². The van der Waals surface area contributed by atoms with Crippen LogP contribution in [0.5, 0.6) is 11.5 Å². The van der Waals surface area contributed by atoms with Gasteiger partial charge in [-0.05, 0) is 31.2 Å². The molecule has 4 rings (SSSR count). The van der Waals surface area contributed by atoms with Crippen LogP contribution in [0.25, 0.3) is 11.3 Å². The summed E-state index contributed by atoms with van der Waals surface area (Å²) in [5, 5.41) is 14.3. The number of thioether (sulfide) groups is 1. The van der Waals surface area contributed by atoms with Gasteiger partial charge in [-0.15, -0.1) is 0 Å². The molecule has 9 nitrogen and oxygen atoms in total. The van der Waals surface area contributed by atoms with Gasteiger partial charge in [-0.3, -0.25) is 14.9 Å². The number of amides is 1. The Hall–Kier alpha value is -3.24. The molecule has 1 amide bonds. The van der Waals surface area contributed by atoms with Gasteiger partial charge in [0.2, 0.25) is 5.91 Å². The second-order valence-electron chi connectivity index (χ2n) is 6.79. The lowest BCUT2D eigenvalue weighted by molar-refractivity contribution is -0.384. The molecule has 0 fully saturated rings. The largest absolute Gasteiger partial charge is 0.486 e. The number of nitrogens with one attached hydrogen (secondary N) is 1. The number of anilines is 1. The smallest absolute Gasteiger partial charge is 0.271 e. The number of nitro groups is 1. The lowest BCUT2D eigenvalue weighted by Crippen LogP contribution is -2.15. The number of fused-ring (bicyclic) bond motifs is 1. The van der Waals surface area contributed by atoms with E-state index in [0.29, 0.717) is 36.4 Å². The van der Waals surface area contributed by atoms with Crippen LogP contribution in [0.15, 0.2) is 47.8 Å². The molecule has 0 atom stereocenters. The highest BCUT2D eigenvalue weighted by atomic mass is 35.5. The maximum Gasteiger partial charge on any atom is 0.271 e. The van der Waals surface area contributed by atoms with Crippen molar-refractivity contribution in [1.82, 2.24) is 9.55 Å². The Bertz CT molecular complexity index is 1180. The zero-order valence-corrected chi connectivity index (χ0v) is 18.6. The minimum absolute atomic E-state index is 0.102. The van der Waals surface area contributed by atoms with Crippen LogP contribution in [-0.2, 0) is 11.3 Å². The topological polar surface area (TPSA) is 109 Å². The van der Waals surface area contributed by atoms with E-state index in [1.165, 1.54) is 30.0 Å². The lowest BCUT2D eigenvalue weighted by atomic mass is 10.1. The number of carbonyl (C=O) groups excluding carboxylic acids is 1. The molecule has 32 heavy (non-hydrogen) atoms. The van der Waals surface area contributed by atoms with E-state index in [2.05, 4.69) is 10.3 Å². The molecule has 0 unspecified atom stereocenters. The summed E-state index contributed by atoms with van der Waals surface area (Å²) >= 11 is 7.33. The molecule has 1 aromatic heterocycles. The number of hydrogen-bond donors (Lipinski definition) is 1. The molecular formula is C21H19ClN4O5S. The van der Waals surface area contributed by atoms with Gasteiger partial charge in [0, 0.05) is 24.2 Å². The van der Waals surface area contributed by atoms with Crippen LogP contribution in [0, 0.1) is 10.1 Å². The first-order chi connectivity index (χ1) is 15.5. The SMILES string of the molecule is CCn1c(-c2ccc3c(c2)OCCO3)cnc1SCC(=O)Nc1ccc([N+](=O)[O-])cc1Cl. The predicted octanol–water partition coefficient (Wildman–Crippen LogP) is 4.63. The summed E-state index contributed by atoms with van der Waals surface area (Å²) in [6.45, 7) is 3.72. The van der Waals surface area contributed by atoms with Crippen molar-refractivity contribution in [2.75, 3.05) is 24.3 Å². The van der Waals surface area contributed by atoms with Crippen LogP contribution >= 0.6 is 23.4 Å². The van der Waals surface area contributed by atoms with Crippen LogP contribution < -0.4 is 14.8 Å². The van der Waals surface area contributed by atoms with Gasteiger partial charge in [0.1, 0.15) is 13.2 Å². The van der Waals surface area contributed by atoms with Gasteiger partial charge in [0.25, 0.3) is 5.69 Å². The molecule has 1 aliphatic heterocycles. The average molecular weight is 475 g/mol. The van der Waals surface area contributed by atoms with Crippen LogP contribution in [0.2, 0.25) is 5.02 Å². The first-order valence-electron chi connectivity index (χ1n) is 9.78. The van der Waals surface area contributed by atoms with Crippen LogP contribution in [-0.4, -0.2) is 39.3 Å². The predicted molar refractivity (Wildman–Crippen MR) is 122 cm³/mol. The van der Waals surface area contributed by atoms with Crippen LogP contribution in [0.3, 0.4) is 0 Å². The van der Waals surface area contributed by atoms with E-state index in [0.717, 1.165) is 17.0 Å². The van der Waals surface area contributed by atoms with Crippen LogP contribution in [0.4, 0.5) is 11.4 Å². The van der Waals surface area contributed by atoms with Crippen molar-refractivity contribution < 1.29 is 19.2 Å². The number of imidazole rings is 1. The fourth-order valence-corrected chi connectivity index (χ4v) is 4.31. The maximum atomic E-state index is 12.4. The fourth-order valence-electron chi connectivity index (χ4n) is 3.25. The van der Waals surface area contributed by atoms with E-state index in [-0.39, 0.29) is 22.4 Å². The third-order valence-electron chi connectivity index (χ3n) is 4.74. The number of carbonyl (C=O) groups is 1. The average Bonchev–Trinajstić information content (AvgIpc) is 3.21. The molecule has 0 bridgehead atoms. The lowest BCUT2D eigenvalue weighted by Gasteiger charge is -2.19. The zero-order valence-electron chi connectivity index (χ0n) is 17.0. The first kappa shape index (κ1) is 22.0. The number of benzene rings is 2. The van der Waals surface area contributed by atoms with Gasteiger partial charge in [0.05, 0.1) is 33.3 Å². The third-order valence-corrected chi connectivity index (χ3v) is 6.05. The van der Waals surface area contributed by atoms with E-state index < -0.39 is 4.92 Å². The Morgan fingerprint density at radius 3 is 2.75 bits per heavy atom. The molecule has 2 aromatic carbocycles. The second-order valence-corrected chi connectivity index (χ2v) is 8.14. The van der Waals surface area contributed by atoms with Gasteiger partial charge in [0.15, 0.2) is 16.7 Å². The molecule has 0 spiro atoms. The van der Waals surface area contributed by atoms with Gasteiger partial charge >= 0.3 is 0 Å². The Morgan fingerprint density at radius 2 is 2.03 bits per heavy atom. The van der Waals surface area contributed by atoms with Crippen LogP contribution in [0.1, 0.15) is 6.92 Å². The zero-order chi connectivity index (χ0) is 22.7. The molecular weight excluding hydrogens is 456 g/mol. The summed E-state index contributed by atoms with van der Waals surface area (Å²) in [6.07, 6.45) is 1.77. The molecule has 1 N–H and O–H groups in total. The summed E-state index contributed by atoms with van der Waals surface area (Å²) in [5.74, 6) is 1.23. The number of nitrogens with zero attached hydrogens (tertiary/aromatic N) is 3. The van der Waals surface area contributed by atoms with Crippen molar-refractivity contribution >= 4 is 40.6 Å². The number of halogens is 1. The minimum atomic E-state index is -0.544. The van der Waals surface area contributed by atoms with Crippen molar-refractivity contribution in [2.24, 2.45) is 0 Å². The number of aromatic nitrogens is 2. The van der Waals surface area contributed by atoms with Gasteiger partial charge < -0.3 is 19.4 Å². The van der Waals surface area contributed by atoms with E-state index in [1.807, 2.05) is 29.7 Å². The highest BCUT2D eigenvalue weighted by molar-refractivity contribution is 7.99. The summed E-state index contributed by atoms with van der Waals surface area (Å²) in [4.78, 5) is 27.1. The minimum Gasteiger partial charge on any atom is -0.486 e. The van der Waals surface area contributed by atoms with Gasteiger partial charge in [-0.1, -0.05) is 23.4 Å². The Kier molecular flexibility index (Phi) is 6.52. The van der Waals surface area contributed by atoms with E-state index in [9.17, 15) is 14.9 Å². The third kappa shape index (κ3) is 4.66. The number of nitro benzene ring substituents is 1. The van der Waals surface area contributed by atoms with Gasteiger partial charge in [-0.2, -0.15) is 0 Å². The van der Waals surface area contributed by atoms with Crippen molar-refractivity contribution in [3.05, 3.63) is 57.7 Å². The van der Waals surface area contributed by atoms with E-state index in [4.69, 9.17) is 21.1 Å². The standard InChI is InChI=1S/C21H19ClN4O5S/c1-2-25-17(13-3-6-18-19(9-13)31-8-7-30-18)11-23-21(25)32-12-20(27)24-16-5-4-14(26(28)29)10-15(16)22/h3-6,9-11H,2,7-8,12H2,1H3,(H,24,27). The Balaban J connectivity index is 1.45. The summed E-state index contributed by atoms with van der Waals surface area (Å²) in [5.41, 5.74) is 2.03. The maximum absolute atomic E-state index is 12.4. The molecule has 11 heteroatoms. The monoisotopic (exact) mass is 474 g/mol. The van der Waals surface area contributed by atoms with Crippen molar-refractivity contribution in [3.8, 4) is 22.8 Å². The Morgan fingerprint density at radius 1 is 1.25 bits per heavy atom.